The predicted molar refractivity (Wildman–Crippen MR) is 94.9 cm³/mol. The van der Waals surface area contributed by atoms with E-state index in [9.17, 15) is 15.2 Å². The Bertz CT molecular complexity index is 768. The van der Waals surface area contributed by atoms with E-state index in [4.69, 9.17) is 5.26 Å². The van der Waals surface area contributed by atoms with Gasteiger partial charge in [-0.25, -0.2) is 0 Å². The molecule has 2 unspecified atom stereocenters. The minimum atomic E-state index is -0.819. The van der Waals surface area contributed by atoms with E-state index in [1.54, 1.807) is 24.3 Å². The van der Waals surface area contributed by atoms with Crippen LogP contribution in [0, 0.1) is 21.4 Å². The fourth-order valence-corrected chi connectivity index (χ4v) is 2.78. The topological polar surface area (TPSA) is 90.4 Å². The summed E-state index contributed by atoms with van der Waals surface area (Å²) in [6, 6.07) is 15.6. The van der Waals surface area contributed by atoms with Gasteiger partial charge in [-0.15, -0.1) is 0 Å². The Morgan fingerprint density at radius 3 is 2.48 bits per heavy atom. The summed E-state index contributed by atoms with van der Waals surface area (Å²) in [5.74, 6) is 0. The van der Waals surface area contributed by atoms with Crippen molar-refractivity contribution in [2.75, 3.05) is 13.1 Å². The first-order valence-corrected chi connectivity index (χ1v) is 8.12. The Kier molecular flexibility index (Phi) is 6.23. The van der Waals surface area contributed by atoms with E-state index in [1.807, 2.05) is 26.0 Å². The van der Waals surface area contributed by atoms with Gasteiger partial charge in [0.2, 0.25) is 0 Å². The summed E-state index contributed by atoms with van der Waals surface area (Å²) in [5.41, 5.74) is 2.15. The maximum atomic E-state index is 10.9. The van der Waals surface area contributed by atoms with Crippen molar-refractivity contribution >= 4 is 5.69 Å². The van der Waals surface area contributed by atoms with Crippen molar-refractivity contribution in [1.82, 2.24) is 4.90 Å². The van der Waals surface area contributed by atoms with Crippen molar-refractivity contribution in [2.24, 2.45) is 0 Å². The van der Waals surface area contributed by atoms with Crippen LogP contribution in [0.2, 0.25) is 0 Å². The lowest BCUT2D eigenvalue weighted by Gasteiger charge is -2.30. The van der Waals surface area contributed by atoms with Crippen LogP contribution in [-0.2, 0) is 0 Å². The second-order valence-electron chi connectivity index (χ2n) is 5.87. The minimum Gasteiger partial charge on any atom is -0.387 e. The van der Waals surface area contributed by atoms with Gasteiger partial charge >= 0.3 is 0 Å². The van der Waals surface area contributed by atoms with Gasteiger partial charge in [0.1, 0.15) is 0 Å². The summed E-state index contributed by atoms with van der Waals surface area (Å²) in [7, 11) is 0. The highest BCUT2D eigenvalue weighted by molar-refractivity contribution is 5.35. The van der Waals surface area contributed by atoms with Crippen LogP contribution in [-0.4, -0.2) is 28.0 Å². The van der Waals surface area contributed by atoms with Crippen molar-refractivity contribution in [2.45, 2.75) is 26.0 Å². The van der Waals surface area contributed by atoms with Crippen molar-refractivity contribution < 1.29 is 10.0 Å². The summed E-state index contributed by atoms with van der Waals surface area (Å²) in [6.07, 6.45) is -0.819. The van der Waals surface area contributed by atoms with Gasteiger partial charge in [-0.2, -0.15) is 5.26 Å². The lowest BCUT2D eigenvalue weighted by Crippen LogP contribution is -2.31. The van der Waals surface area contributed by atoms with Gasteiger partial charge in [-0.1, -0.05) is 31.2 Å². The van der Waals surface area contributed by atoms with Crippen molar-refractivity contribution in [3.8, 4) is 6.07 Å². The molecule has 0 aliphatic heterocycles. The Morgan fingerprint density at radius 1 is 1.24 bits per heavy atom. The molecule has 6 nitrogen and oxygen atoms in total. The summed E-state index contributed by atoms with van der Waals surface area (Å²) in [5, 5.41) is 30.3. The van der Waals surface area contributed by atoms with E-state index >= 15 is 0 Å². The summed E-state index contributed by atoms with van der Waals surface area (Å²) >= 11 is 0. The number of nitro benzene ring substituents is 1. The number of nitro groups is 1. The standard InChI is InChI=1S/C19H21N3O3/c1-3-21(14(2)16-9-7-15(12-20)8-10-16)13-19(23)17-5-4-6-18(11-17)22(24)25/h4-11,14,19,23H,3,13H2,1-2H3. The van der Waals surface area contributed by atoms with Gasteiger partial charge < -0.3 is 5.11 Å². The van der Waals surface area contributed by atoms with Crippen molar-refractivity contribution in [3.05, 3.63) is 75.3 Å². The highest BCUT2D eigenvalue weighted by Crippen LogP contribution is 2.25. The first-order chi connectivity index (χ1) is 12.0. The molecule has 0 aliphatic rings. The van der Waals surface area contributed by atoms with Gasteiger partial charge in [0.05, 0.1) is 22.7 Å². The molecule has 0 amide bonds. The molecule has 2 atom stereocenters. The fourth-order valence-electron chi connectivity index (χ4n) is 2.78. The Balaban J connectivity index is 2.13. The van der Waals surface area contributed by atoms with Crippen LogP contribution in [0.1, 0.15) is 42.7 Å². The third-order valence-corrected chi connectivity index (χ3v) is 4.35. The zero-order valence-corrected chi connectivity index (χ0v) is 14.3. The number of likely N-dealkylation sites (N-methyl/N-ethyl adjacent to an activating group) is 1. The van der Waals surface area contributed by atoms with E-state index in [-0.39, 0.29) is 11.7 Å². The Hall–Kier alpha value is -2.75. The van der Waals surface area contributed by atoms with Crippen molar-refractivity contribution in [3.63, 3.8) is 0 Å². The number of hydrogen-bond donors (Lipinski definition) is 1. The third kappa shape index (κ3) is 4.63. The smallest absolute Gasteiger partial charge is 0.269 e. The number of hydrogen-bond acceptors (Lipinski definition) is 5. The highest BCUT2D eigenvalue weighted by atomic mass is 16.6. The zero-order valence-electron chi connectivity index (χ0n) is 14.3. The molecular weight excluding hydrogens is 318 g/mol. The van der Waals surface area contributed by atoms with E-state index < -0.39 is 11.0 Å². The molecule has 2 aromatic rings. The minimum absolute atomic E-state index is 0.0280. The molecular formula is C19H21N3O3. The van der Waals surface area contributed by atoms with E-state index in [0.29, 0.717) is 24.2 Å². The molecule has 0 saturated carbocycles. The Morgan fingerprint density at radius 2 is 1.92 bits per heavy atom. The molecule has 0 heterocycles. The predicted octanol–water partition coefficient (Wildman–Crippen LogP) is 3.58. The first-order valence-electron chi connectivity index (χ1n) is 8.12. The molecule has 2 rings (SSSR count). The van der Waals surface area contributed by atoms with Gasteiger partial charge in [0, 0.05) is 24.7 Å². The molecule has 0 aromatic heterocycles. The van der Waals surface area contributed by atoms with Crippen molar-refractivity contribution in [1.29, 1.82) is 5.26 Å². The molecule has 130 valence electrons. The van der Waals surface area contributed by atoms with Gasteiger partial charge in [0.15, 0.2) is 0 Å². The van der Waals surface area contributed by atoms with E-state index in [0.717, 1.165) is 5.56 Å². The van der Waals surface area contributed by atoms with Crippen LogP contribution in [0.25, 0.3) is 0 Å². The SMILES string of the molecule is CCN(CC(O)c1cccc([N+](=O)[O-])c1)C(C)c1ccc(C#N)cc1. The Labute approximate surface area is 147 Å². The van der Waals surface area contributed by atoms with Crippen LogP contribution < -0.4 is 0 Å². The zero-order chi connectivity index (χ0) is 18.4. The fraction of sp³-hybridized carbons (Fsp3) is 0.316. The van der Waals surface area contributed by atoms with Gasteiger partial charge in [-0.05, 0) is 36.7 Å². The largest absolute Gasteiger partial charge is 0.387 e. The number of non-ortho nitro benzene ring substituents is 1. The lowest BCUT2D eigenvalue weighted by atomic mass is 10.0. The first kappa shape index (κ1) is 18.6. The molecule has 6 heteroatoms. The van der Waals surface area contributed by atoms with Crippen LogP contribution >= 0.6 is 0 Å². The third-order valence-electron chi connectivity index (χ3n) is 4.35. The summed E-state index contributed by atoms with van der Waals surface area (Å²) in [6.45, 7) is 5.11. The summed E-state index contributed by atoms with van der Waals surface area (Å²) in [4.78, 5) is 12.5. The molecule has 2 aromatic carbocycles. The van der Waals surface area contributed by atoms with E-state index in [2.05, 4.69) is 11.0 Å². The van der Waals surface area contributed by atoms with Gasteiger partial charge in [-0.3, -0.25) is 15.0 Å². The average molecular weight is 339 g/mol. The number of nitriles is 1. The molecule has 25 heavy (non-hydrogen) atoms. The maximum absolute atomic E-state index is 10.9. The normalized spacial score (nSPS) is 13.2. The van der Waals surface area contributed by atoms with Crippen LogP contribution in [0.3, 0.4) is 0 Å². The molecule has 0 fully saturated rings. The molecule has 0 saturated heterocycles. The molecule has 0 bridgehead atoms. The molecule has 0 aliphatic carbocycles. The molecule has 1 N–H and O–H groups in total. The second kappa shape index (κ2) is 8.38. The summed E-state index contributed by atoms with van der Waals surface area (Å²) < 4.78 is 0. The maximum Gasteiger partial charge on any atom is 0.269 e. The second-order valence-corrected chi connectivity index (χ2v) is 5.87. The number of nitrogens with zero attached hydrogens (tertiary/aromatic N) is 3. The number of aliphatic hydroxyl groups is 1. The monoisotopic (exact) mass is 339 g/mol. The van der Waals surface area contributed by atoms with Crippen LogP contribution in [0.15, 0.2) is 48.5 Å². The van der Waals surface area contributed by atoms with Crippen LogP contribution in [0.5, 0.6) is 0 Å². The number of rotatable bonds is 7. The average Bonchev–Trinajstić information content (AvgIpc) is 2.65. The van der Waals surface area contributed by atoms with E-state index in [1.165, 1.54) is 12.1 Å². The van der Waals surface area contributed by atoms with Gasteiger partial charge in [0.25, 0.3) is 5.69 Å². The highest BCUT2D eigenvalue weighted by Gasteiger charge is 2.20. The number of benzene rings is 2. The van der Waals surface area contributed by atoms with Crippen LogP contribution in [0.4, 0.5) is 5.69 Å². The number of aliphatic hydroxyl groups excluding tert-OH is 1. The quantitative estimate of drug-likeness (QED) is 0.615. The molecule has 0 spiro atoms. The molecule has 0 radical (unpaired) electrons. The lowest BCUT2D eigenvalue weighted by molar-refractivity contribution is -0.385.